The number of nitrogens with one attached hydrogen (secondary N) is 1. The lowest BCUT2D eigenvalue weighted by Gasteiger charge is -2.33. The second-order valence-corrected chi connectivity index (χ2v) is 7.50. The molecule has 6 nitrogen and oxygen atoms in total. The molecule has 6 heteroatoms. The maximum atomic E-state index is 13.1. The summed E-state index contributed by atoms with van der Waals surface area (Å²) in [7, 11) is 0. The fourth-order valence-corrected chi connectivity index (χ4v) is 3.89. The number of carbonyl (C=O) groups is 1. The maximum Gasteiger partial charge on any atom is 0.167 e. The summed E-state index contributed by atoms with van der Waals surface area (Å²) in [4.78, 5) is 23.8. The molecule has 1 fully saturated rings. The Morgan fingerprint density at radius 3 is 2.60 bits per heavy atom. The number of aliphatic hydroxyl groups excluding tert-OH is 1. The van der Waals surface area contributed by atoms with E-state index in [1.165, 1.54) is 6.33 Å². The van der Waals surface area contributed by atoms with E-state index in [-0.39, 0.29) is 18.3 Å². The van der Waals surface area contributed by atoms with Crippen molar-refractivity contribution in [2.45, 2.75) is 12.8 Å². The van der Waals surface area contributed by atoms with Gasteiger partial charge in [-0.1, -0.05) is 54.6 Å². The second kappa shape index (κ2) is 9.50. The first kappa shape index (κ1) is 20.0. The lowest BCUT2D eigenvalue weighted by Crippen LogP contribution is -2.39. The van der Waals surface area contributed by atoms with Gasteiger partial charge in [0.15, 0.2) is 5.78 Å². The van der Waals surface area contributed by atoms with Gasteiger partial charge in [-0.25, -0.2) is 9.97 Å². The van der Waals surface area contributed by atoms with E-state index in [0.29, 0.717) is 18.9 Å². The van der Waals surface area contributed by atoms with Crippen LogP contribution in [0.15, 0.2) is 67.0 Å². The zero-order valence-electron chi connectivity index (χ0n) is 16.9. The van der Waals surface area contributed by atoms with Gasteiger partial charge < -0.3 is 15.3 Å². The molecule has 0 bridgehead atoms. The Labute approximate surface area is 176 Å². The lowest BCUT2D eigenvalue weighted by molar-refractivity contribution is 0.0907. The van der Waals surface area contributed by atoms with Gasteiger partial charge in [-0.3, -0.25) is 4.79 Å². The third kappa shape index (κ3) is 4.66. The molecule has 0 unspecified atom stereocenters. The largest absolute Gasteiger partial charge is 0.395 e. The van der Waals surface area contributed by atoms with E-state index in [0.717, 1.165) is 41.9 Å². The van der Waals surface area contributed by atoms with Crippen LogP contribution >= 0.6 is 0 Å². The van der Waals surface area contributed by atoms with Crippen molar-refractivity contribution in [3.63, 3.8) is 0 Å². The Kier molecular flexibility index (Phi) is 6.35. The molecular weight excluding hydrogens is 376 g/mol. The van der Waals surface area contributed by atoms with Crippen molar-refractivity contribution in [1.29, 1.82) is 0 Å². The minimum atomic E-state index is -0.0508. The molecule has 1 atom stereocenters. The van der Waals surface area contributed by atoms with Crippen LogP contribution in [0.4, 0.5) is 11.6 Å². The molecule has 1 aliphatic heterocycles. The fourth-order valence-electron chi connectivity index (χ4n) is 3.89. The number of benzene rings is 2. The topological polar surface area (TPSA) is 78.4 Å². The highest BCUT2D eigenvalue weighted by molar-refractivity contribution is 5.98. The van der Waals surface area contributed by atoms with Crippen molar-refractivity contribution in [2.24, 2.45) is 5.92 Å². The summed E-state index contributed by atoms with van der Waals surface area (Å²) in [6.45, 7) is 2.00. The van der Waals surface area contributed by atoms with Gasteiger partial charge >= 0.3 is 0 Å². The number of hydrogen-bond acceptors (Lipinski definition) is 6. The zero-order chi connectivity index (χ0) is 20.8. The Hall–Kier alpha value is -3.25. The molecule has 1 aromatic heterocycles. The number of ketones is 1. The van der Waals surface area contributed by atoms with Gasteiger partial charge in [0.05, 0.1) is 6.61 Å². The van der Waals surface area contributed by atoms with E-state index in [1.807, 2.05) is 48.5 Å². The molecule has 0 spiro atoms. The van der Waals surface area contributed by atoms with E-state index in [1.54, 1.807) is 0 Å². The Bertz CT molecular complexity index is 976. The number of nitrogens with zero attached hydrogens (tertiary/aromatic N) is 3. The molecule has 1 saturated heterocycles. The van der Waals surface area contributed by atoms with Crippen LogP contribution in [0.3, 0.4) is 0 Å². The minimum absolute atomic E-state index is 0.0443. The molecule has 2 heterocycles. The molecule has 4 rings (SSSR count). The molecule has 0 radical (unpaired) electrons. The summed E-state index contributed by atoms with van der Waals surface area (Å²) < 4.78 is 0. The number of carbonyl (C=O) groups excluding carboxylic acids is 1. The quantitative estimate of drug-likeness (QED) is 0.588. The van der Waals surface area contributed by atoms with Crippen LogP contribution < -0.4 is 10.2 Å². The van der Waals surface area contributed by atoms with Gasteiger partial charge in [-0.2, -0.15) is 0 Å². The van der Waals surface area contributed by atoms with E-state index < -0.39 is 0 Å². The van der Waals surface area contributed by atoms with Gasteiger partial charge in [-0.15, -0.1) is 0 Å². The van der Waals surface area contributed by atoms with Crippen LogP contribution in [0.2, 0.25) is 0 Å². The van der Waals surface area contributed by atoms with Crippen molar-refractivity contribution in [3.8, 4) is 11.1 Å². The van der Waals surface area contributed by atoms with Gasteiger partial charge in [0.2, 0.25) is 0 Å². The molecule has 0 amide bonds. The van der Waals surface area contributed by atoms with E-state index >= 15 is 0 Å². The van der Waals surface area contributed by atoms with Crippen molar-refractivity contribution in [2.75, 3.05) is 36.5 Å². The minimum Gasteiger partial charge on any atom is -0.395 e. The number of aliphatic hydroxyl groups is 1. The van der Waals surface area contributed by atoms with Crippen LogP contribution in [-0.4, -0.2) is 47.1 Å². The Morgan fingerprint density at radius 2 is 1.83 bits per heavy atom. The number of piperidine rings is 1. The predicted octanol–water partition coefficient (Wildman–Crippen LogP) is 3.65. The Morgan fingerprint density at radius 1 is 1.07 bits per heavy atom. The van der Waals surface area contributed by atoms with Crippen LogP contribution in [0, 0.1) is 5.92 Å². The summed E-state index contributed by atoms with van der Waals surface area (Å²) in [6, 6.07) is 20.0. The summed E-state index contributed by atoms with van der Waals surface area (Å²) in [5.41, 5.74) is 3.02. The number of rotatable bonds is 7. The zero-order valence-corrected chi connectivity index (χ0v) is 16.9. The monoisotopic (exact) mass is 402 g/mol. The number of Topliss-reactive ketones (excluding diaryl/α,β-unsaturated/α-hetero) is 1. The normalized spacial score (nSPS) is 16.3. The van der Waals surface area contributed by atoms with E-state index in [2.05, 4.69) is 32.3 Å². The van der Waals surface area contributed by atoms with Crippen LogP contribution in [0.5, 0.6) is 0 Å². The molecule has 154 valence electrons. The van der Waals surface area contributed by atoms with E-state index in [4.69, 9.17) is 5.11 Å². The van der Waals surface area contributed by atoms with Crippen LogP contribution in [0.1, 0.15) is 23.2 Å². The number of hydrogen-bond donors (Lipinski definition) is 2. The van der Waals surface area contributed by atoms with Crippen molar-refractivity contribution in [3.05, 3.63) is 72.6 Å². The molecule has 2 aromatic carbocycles. The Balaban J connectivity index is 1.45. The summed E-state index contributed by atoms with van der Waals surface area (Å²) in [6.07, 6.45) is 3.35. The first-order chi connectivity index (χ1) is 14.7. The average Bonchev–Trinajstić information content (AvgIpc) is 2.83. The van der Waals surface area contributed by atoms with Crippen molar-refractivity contribution < 1.29 is 9.90 Å². The van der Waals surface area contributed by atoms with Crippen molar-refractivity contribution in [1.82, 2.24) is 9.97 Å². The highest BCUT2D eigenvalue weighted by Gasteiger charge is 2.27. The standard InChI is InChI=1S/C24H26N4O2/c29-14-12-25-22-15-23(27-17-26-22)28-13-4-7-21(16-28)24(30)20-10-8-19(9-11-20)18-5-2-1-3-6-18/h1-3,5-6,8-11,15,17,21,29H,4,7,12-14,16H2,(H,25,26,27)/t21-/m0/s1. The second-order valence-electron chi connectivity index (χ2n) is 7.50. The van der Waals surface area contributed by atoms with Gasteiger partial charge in [0.25, 0.3) is 0 Å². The van der Waals surface area contributed by atoms with Gasteiger partial charge in [0.1, 0.15) is 18.0 Å². The van der Waals surface area contributed by atoms with E-state index in [9.17, 15) is 4.79 Å². The maximum absolute atomic E-state index is 13.1. The van der Waals surface area contributed by atoms with Crippen molar-refractivity contribution >= 4 is 17.4 Å². The molecule has 1 aliphatic rings. The lowest BCUT2D eigenvalue weighted by atomic mass is 9.89. The number of aromatic nitrogens is 2. The summed E-state index contributed by atoms with van der Waals surface area (Å²) in [5.74, 6) is 1.62. The third-order valence-corrected chi connectivity index (χ3v) is 5.46. The predicted molar refractivity (Wildman–Crippen MR) is 119 cm³/mol. The van der Waals surface area contributed by atoms with Crippen LogP contribution in [0.25, 0.3) is 11.1 Å². The molecule has 30 heavy (non-hydrogen) atoms. The summed E-state index contributed by atoms with van der Waals surface area (Å²) >= 11 is 0. The smallest absolute Gasteiger partial charge is 0.167 e. The molecular formula is C24H26N4O2. The highest BCUT2D eigenvalue weighted by Crippen LogP contribution is 2.26. The molecule has 0 saturated carbocycles. The molecule has 0 aliphatic carbocycles. The van der Waals surface area contributed by atoms with Gasteiger partial charge in [-0.05, 0) is 24.0 Å². The molecule has 3 aromatic rings. The molecule has 2 N–H and O–H groups in total. The van der Waals surface area contributed by atoms with Crippen LogP contribution in [-0.2, 0) is 0 Å². The summed E-state index contributed by atoms with van der Waals surface area (Å²) in [5, 5.41) is 12.0. The first-order valence-corrected chi connectivity index (χ1v) is 10.4. The SMILES string of the molecule is O=C(c1ccc(-c2ccccc2)cc1)[C@H]1CCCN(c2cc(NCCO)ncn2)C1. The first-order valence-electron chi connectivity index (χ1n) is 10.4. The van der Waals surface area contributed by atoms with Gasteiger partial charge in [0, 0.05) is 37.2 Å². The third-order valence-electron chi connectivity index (χ3n) is 5.46. The number of anilines is 2. The fraction of sp³-hybridized carbons (Fsp3) is 0.292. The average molecular weight is 402 g/mol. The highest BCUT2D eigenvalue weighted by atomic mass is 16.3.